The molecule has 18 heavy (non-hydrogen) atoms. The van der Waals surface area contributed by atoms with Crippen molar-refractivity contribution in [3.8, 4) is 0 Å². The van der Waals surface area contributed by atoms with Crippen LogP contribution >= 0.6 is 0 Å². The number of piperazine rings is 1. The lowest BCUT2D eigenvalue weighted by Gasteiger charge is -2.47. The first-order valence-corrected chi connectivity index (χ1v) is 7.83. The third-order valence-electron chi connectivity index (χ3n) is 4.89. The number of nitrogens with one attached hydrogen (secondary N) is 1. The number of nitrogens with zero attached hydrogens (tertiary/aromatic N) is 1. The molecular formula is C16H32N2. The van der Waals surface area contributed by atoms with E-state index in [1.165, 1.54) is 45.3 Å². The summed E-state index contributed by atoms with van der Waals surface area (Å²) < 4.78 is 0. The second-order valence-electron chi connectivity index (χ2n) is 7.92. The van der Waals surface area contributed by atoms with Gasteiger partial charge in [0.05, 0.1) is 0 Å². The molecule has 1 saturated carbocycles. The standard InChI is InChI=1S/C16H32N2/c1-6-14-11-17-16(5,13-7-8-13)12-18(14)10-9-15(2,3)4/h13-14,17H,6-12H2,1-5H3. The Balaban J connectivity index is 1.94. The van der Waals surface area contributed by atoms with Crippen LogP contribution in [-0.2, 0) is 0 Å². The Morgan fingerprint density at radius 2 is 1.94 bits per heavy atom. The molecule has 2 unspecified atom stereocenters. The molecule has 2 nitrogen and oxygen atoms in total. The summed E-state index contributed by atoms with van der Waals surface area (Å²) in [7, 11) is 0. The van der Waals surface area contributed by atoms with E-state index in [4.69, 9.17) is 0 Å². The van der Waals surface area contributed by atoms with Gasteiger partial charge in [0.2, 0.25) is 0 Å². The molecule has 0 aromatic carbocycles. The first-order valence-electron chi connectivity index (χ1n) is 7.83. The highest BCUT2D eigenvalue weighted by molar-refractivity contribution is 5.04. The fourth-order valence-corrected chi connectivity index (χ4v) is 3.22. The average molecular weight is 252 g/mol. The van der Waals surface area contributed by atoms with Gasteiger partial charge in [-0.2, -0.15) is 0 Å². The van der Waals surface area contributed by atoms with E-state index in [0.29, 0.717) is 11.0 Å². The van der Waals surface area contributed by atoms with E-state index >= 15 is 0 Å². The Bertz CT molecular complexity index is 277. The van der Waals surface area contributed by atoms with Gasteiger partial charge in [0, 0.05) is 24.7 Å². The summed E-state index contributed by atoms with van der Waals surface area (Å²) in [5.74, 6) is 0.937. The van der Waals surface area contributed by atoms with Crippen molar-refractivity contribution in [3.63, 3.8) is 0 Å². The van der Waals surface area contributed by atoms with Crippen molar-refractivity contribution in [2.45, 2.75) is 71.9 Å². The van der Waals surface area contributed by atoms with Crippen molar-refractivity contribution < 1.29 is 0 Å². The smallest absolute Gasteiger partial charge is 0.0309 e. The van der Waals surface area contributed by atoms with Crippen LogP contribution in [0, 0.1) is 11.3 Å². The topological polar surface area (TPSA) is 15.3 Å². The van der Waals surface area contributed by atoms with Crippen LogP contribution in [0.1, 0.15) is 60.3 Å². The summed E-state index contributed by atoms with van der Waals surface area (Å²) in [6.45, 7) is 15.6. The molecule has 1 N–H and O–H groups in total. The van der Waals surface area contributed by atoms with Crippen molar-refractivity contribution in [1.29, 1.82) is 0 Å². The first-order chi connectivity index (χ1) is 8.34. The molecular weight excluding hydrogens is 220 g/mol. The number of hydrogen-bond donors (Lipinski definition) is 1. The molecule has 1 aliphatic carbocycles. The van der Waals surface area contributed by atoms with E-state index in [0.717, 1.165) is 12.0 Å². The zero-order valence-electron chi connectivity index (χ0n) is 13.1. The van der Waals surface area contributed by atoms with Gasteiger partial charge in [-0.25, -0.2) is 0 Å². The Morgan fingerprint density at radius 1 is 1.28 bits per heavy atom. The summed E-state index contributed by atoms with van der Waals surface area (Å²) in [5, 5.41) is 3.84. The highest BCUT2D eigenvalue weighted by Crippen LogP contribution is 2.41. The molecule has 2 atom stereocenters. The number of rotatable bonds is 4. The lowest BCUT2D eigenvalue weighted by molar-refractivity contribution is 0.0637. The maximum absolute atomic E-state index is 3.84. The molecule has 2 aliphatic rings. The van der Waals surface area contributed by atoms with E-state index in [1.54, 1.807) is 0 Å². The predicted octanol–water partition coefficient (Wildman–Crippen LogP) is 3.28. The zero-order chi connectivity index (χ0) is 13.4. The molecule has 0 radical (unpaired) electrons. The van der Waals surface area contributed by atoms with Gasteiger partial charge in [-0.1, -0.05) is 27.7 Å². The Labute approximate surface area is 114 Å². The van der Waals surface area contributed by atoms with Crippen molar-refractivity contribution >= 4 is 0 Å². The minimum atomic E-state index is 0.392. The summed E-state index contributed by atoms with van der Waals surface area (Å²) in [5.41, 5.74) is 0.850. The van der Waals surface area contributed by atoms with Crippen LogP contribution in [0.25, 0.3) is 0 Å². The van der Waals surface area contributed by atoms with Crippen molar-refractivity contribution in [1.82, 2.24) is 10.2 Å². The molecule has 106 valence electrons. The normalized spacial score (nSPS) is 34.8. The van der Waals surface area contributed by atoms with Crippen molar-refractivity contribution in [2.24, 2.45) is 11.3 Å². The third kappa shape index (κ3) is 3.48. The second-order valence-corrected chi connectivity index (χ2v) is 7.92. The van der Waals surface area contributed by atoms with Gasteiger partial charge in [0.25, 0.3) is 0 Å². The highest BCUT2D eigenvalue weighted by atomic mass is 15.3. The average Bonchev–Trinajstić information content (AvgIpc) is 3.09. The fourth-order valence-electron chi connectivity index (χ4n) is 3.22. The highest BCUT2D eigenvalue weighted by Gasteiger charge is 2.45. The van der Waals surface area contributed by atoms with Gasteiger partial charge in [0.1, 0.15) is 0 Å². The zero-order valence-corrected chi connectivity index (χ0v) is 13.1. The largest absolute Gasteiger partial charge is 0.308 e. The molecule has 0 spiro atoms. The Hall–Kier alpha value is -0.0800. The van der Waals surface area contributed by atoms with Gasteiger partial charge >= 0.3 is 0 Å². The summed E-state index contributed by atoms with van der Waals surface area (Å²) >= 11 is 0. The van der Waals surface area contributed by atoms with Gasteiger partial charge < -0.3 is 5.32 Å². The van der Waals surface area contributed by atoms with Crippen LogP contribution in [0.5, 0.6) is 0 Å². The molecule has 1 heterocycles. The minimum Gasteiger partial charge on any atom is -0.308 e. The lowest BCUT2D eigenvalue weighted by atomic mass is 9.88. The quantitative estimate of drug-likeness (QED) is 0.826. The summed E-state index contributed by atoms with van der Waals surface area (Å²) in [6.07, 6.45) is 5.46. The Morgan fingerprint density at radius 3 is 2.44 bits per heavy atom. The third-order valence-corrected chi connectivity index (χ3v) is 4.89. The van der Waals surface area contributed by atoms with E-state index in [1.807, 2.05) is 0 Å². The maximum atomic E-state index is 3.84. The van der Waals surface area contributed by atoms with Crippen molar-refractivity contribution in [2.75, 3.05) is 19.6 Å². The van der Waals surface area contributed by atoms with Gasteiger partial charge in [-0.15, -0.1) is 0 Å². The number of hydrogen-bond acceptors (Lipinski definition) is 2. The molecule has 1 aliphatic heterocycles. The SMILES string of the molecule is CCC1CNC(C)(C2CC2)CN1CCC(C)(C)C. The van der Waals surface area contributed by atoms with Gasteiger partial charge in [-0.05, 0) is 50.5 Å². The molecule has 2 fully saturated rings. The van der Waals surface area contributed by atoms with Crippen LogP contribution in [0.4, 0.5) is 0 Å². The van der Waals surface area contributed by atoms with Crippen LogP contribution in [0.15, 0.2) is 0 Å². The minimum absolute atomic E-state index is 0.392. The van der Waals surface area contributed by atoms with Crippen LogP contribution in [-0.4, -0.2) is 36.1 Å². The van der Waals surface area contributed by atoms with Gasteiger partial charge in [0.15, 0.2) is 0 Å². The van der Waals surface area contributed by atoms with Crippen LogP contribution < -0.4 is 5.32 Å². The van der Waals surface area contributed by atoms with E-state index in [-0.39, 0.29) is 0 Å². The first kappa shape index (κ1) is 14.3. The molecule has 2 rings (SSSR count). The molecule has 0 aromatic rings. The summed E-state index contributed by atoms with van der Waals surface area (Å²) in [4.78, 5) is 2.76. The molecule has 0 aromatic heterocycles. The van der Waals surface area contributed by atoms with E-state index < -0.39 is 0 Å². The van der Waals surface area contributed by atoms with E-state index in [9.17, 15) is 0 Å². The second kappa shape index (κ2) is 5.13. The lowest BCUT2D eigenvalue weighted by Crippen LogP contribution is -2.64. The maximum Gasteiger partial charge on any atom is 0.0309 e. The van der Waals surface area contributed by atoms with Gasteiger partial charge in [-0.3, -0.25) is 4.90 Å². The van der Waals surface area contributed by atoms with Crippen LogP contribution in [0.3, 0.4) is 0 Å². The van der Waals surface area contributed by atoms with E-state index in [2.05, 4.69) is 44.8 Å². The Kier molecular flexibility index (Phi) is 4.08. The summed E-state index contributed by atoms with van der Waals surface area (Å²) in [6, 6.07) is 0.749. The predicted molar refractivity (Wildman–Crippen MR) is 78.9 cm³/mol. The molecule has 0 bridgehead atoms. The monoisotopic (exact) mass is 252 g/mol. The molecule has 1 saturated heterocycles. The van der Waals surface area contributed by atoms with Crippen molar-refractivity contribution in [3.05, 3.63) is 0 Å². The fraction of sp³-hybridized carbons (Fsp3) is 1.00. The van der Waals surface area contributed by atoms with Crippen LogP contribution in [0.2, 0.25) is 0 Å². The molecule has 2 heteroatoms. The molecule has 0 amide bonds.